The Morgan fingerprint density at radius 1 is 1.04 bits per heavy atom. The third kappa shape index (κ3) is 8.23. The molecule has 2 N–H and O–H groups in total. The largest absolute Gasteiger partial charge is 0.384 e. The highest BCUT2D eigenvalue weighted by molar-refractivity contribution is 7.89. The molecule has 1 saturated carbocycles. The highest BCUT2D eigenvalue weighted by Gasteiger charge is 2.48. The number of aromatic nitrogens is 3. The molecule has 3 fully saturated rings. The predicted octanol–water partition coefficient (Wildman–Crippen LogP) is 5.13. The van der Waals surface area contributed by atoms with Gasteiger partial charge in [0.1, 0.15) is 22.4 Å². The number of thiophene rings is 1. The number of rotatable bonds is 13. The molecule has 4 aromatic rings. The van der Waals surface area contributed by atoms with Crippen molar-refractivity contribution in [3.8, 4) is 6.07 Å². The van der Waals surface area contributed by atoms with Crippen LogP contribution < -0.4 is 10.6 Å². The van der Waals surface area contributed by atoms with E-state index in [9.17, 15) is 26.9 Å². The fourth-order valence-corrected chi connectivity index (χ4v) is 10.8. The summed E-state index contributed by atoms with van der Waals surface area (Å²) in [6.45, 7) is 9.64. The van der Waals surface area contributed by atoms with Gasteiger partial charge in [-0.15, -0.1) is 11.3 Å². The number of nitrogens with one attached hydrogen (secondary N) is 2. The summed E-state index contributed by atoms with van der Waals surface area (Å²) in [7, 11) is 9.52. The first-order valence-electron chi connectivity index (χ1n) is 19.0. The van der Waals surface area contributed by atoms with Crippen LogP contribution in [0, 0.1) is 24.2 Å². The smallest absolute Gasteiger partial charge is 0.367 e. The second kappa shape index (κ2) is 15.5. The number of fused-ring (bicyclic) bond motifs is 2. The molecule has 1 atom stereocenters. The van der Waals surface area contributed by atoms with Crippen LogP contribution in [0.4, 0.5) is 24.9 Å². The Kier molecular flexibility index (Phi) is 11.3. The van der Waals surface area contributed by atoms with Crippen LogP contribution in [0.25, 0.3) is 21.1 Å². The topological polar surface area (TPSA) is 122 Å². The number of aryl methyl sites for hydroxylation is 1. The van der Waals surface area contributed by atoms with E-state index in [4.69, 9.17) is 15.7 Å². The summed E-state index contributed by atoms with van der Waals surface area (Å²) in [5.41, 5.74) is 3.97. The van der Waals surface area contributed by atoms with Gasteiger partial charge in [0, 0.05) is 92.5 Å². The zero-order valence-electron chi connectivity index (χ0n) is 31.5. The minimum absolute atomic E-state index is 0.0444. The summed E-state index contributed by atoms with van der Waals surface area (Å²) in [5.74, 6) is 1.33. The van der Waals surface area contributed by atoms with Gasteiger partial charge in [0.2, 0.25) is 16.0 Å². The van der Waals surface area contributed by atoms with Crippen molar-refractivity contribution in [2.24, 2.45) is 5.92 Å². The summed E-state index contributed by atoms with van der Waals surface area (Å²) in [4.78, 5) is 13.8. The lowest BCUT2D eigenvalue weighted by Crippen LogP contribution is -2.53. The Morgan fingerprint density at radius 2 is 1.75 bits per heavy atom. The molecule has 4 radical (unpaired) electrons. The molecule has 3 aromatic heterocycles. The van der Waals surface area contributed by atoms with Gasteiger partial charge in [-0.25, -0.2) is 13.4 Å². The van der Waals surface area contributed by atoms with E-state index in [-0.39, 0.29) is 28.7 Å². The van der Waals surface area contributed by atoms with Crippen LogP contribution in [0.1, 0.15) is 60.7 Å². The molecule has 5 heterocycles. The number of nitrogens with zero attached hydrogens (tertiary/aromatic N) is 7. The number of piperazine rings is 1. The number of hydrogen-bond acceptors (Lipinski definition) is 10. The molecule has 55 heavy (non-hydrogen) atoms. The minimum atomic E-state index is -4.84. The van der Waals surface area contributed by atoms with E-state index in [1.54, 1.807) is 11.4 Å². The highest BCUT2D eigenvalue weighted by atomic mass is 32.2. The lowest BCUT2D eigenvalue weighted by Gasteiger charge is -2.38. The molecule has 0 amide bonds. The Morgan fingerprint density at radius 3 is 2.36 bits per heavy atom. The van der Waals surface area contributed by atoms with E-state index in [0.29, 0.717) is 60.4 Å². The number of nitriles is 1. The monoisotopic (exact) mass is 791 g/mol. The van der Waals surface area contributed by atoms with Crippen LogP contribution in [0.5, 0.6) is 0 Å². The number of halogens is 3. The fraction of sp³-hybridized carbons (Fsp3) is 0.595. The first-order chi connectivity index (χ1) is 26.1. The Labute approximate surface area is 327 Å². The lowest BCUT2D eigenvalue weighted by atomic mass is 9.53. The molecule has 2 aliphatic heterocycles. The van der Waals surface area contributed by atoms with Crippen molar-refractivity contribution in [1.29, 1.82) is 5.26 Å². The molecule has 11 nitrogen and oxygen atoms in total. The highest BCUT2D eigenvalue weighted by Crippen LogP contribution is 2.42. The van der Waals surface area contributed by atoms with Crippen molar-refractivity contribution < 1.29 is 21.6 Å². The first kappa shape index (κ1) is 39.9. The van der Waals surface area contributed by atoms with Crippen LogP contribution >= 0.6 is 11.3 Å². The van der Waals surface area contributed by atoms with Gasteiger partial charge in [-0.2, -0.15) is 27.7 Å². The predicted molar refractivity (Wildman–Crippen MR) is 213 cm³/mol. The van der Waals surface area contributed by atoms with E-state index in [2.05, 4.69) is 67.0 Å². The molecule has 1 aliphatic carbocycles. The number of piperidine rings is 1. The molecule has 290 valence electrons. The molecule has 18 heteroatoms. The Balaban J connectivity index is 0.998. The maximum absolute atomic E-state index is 13.6. The van der Waals surface area contributed by atoms with E-state index < -0.39 is 21.4 Å². The van der Waals surface area contributed by atoms with Crippen molar-refractivity contribution in [1.82, 2.24) is 28.6 Å². The van der Waals surface area contributed by atoms with Crippen LogP contribution in [0.2, 0.25) is 0 Å². The van der Waals surface area contributed by atoms with Gasteiger partial charge < -0.3 is 15.2 Å². The van der Waals surface area contributed by atoms with Crippen LogP contribution in [0.3, 0.4) is 0 Å². The van der Waals surface area contributed by atoms with Crippen molar-refractivity contribution in [2.75, 3.05) is 62.7 Å². The molecular formula is C37H46B2F3N9O2S2. The van der Waals surface area contributed by atoms with Crippen LogP contribution in [-0.2, 0) is 28.3 Å². The molecule has 0 spiro atoms. The summed E-state index contributed by atoms with van der Waals surface area (Å²) >= 11 is 0.807. The summed E-state index contributed by atoms with van der Waals surface area (Å²) < 4.78 is 70.4. The van der Waals surface area contributed by atoms with E-state index >= 15 is 0 Å². The third-order valence-electron chi connectivity index (χ3n) is 11.6. The standard InChI is InChI=1S/C37H46B2F3N9O2S2/c1-4-27(49-13-15-50(16-14-49)55(52,53)22-24-5-6-24)21-51-28(19-43)17-29-23(2)25(7-8-31(29)51)20-48-11-9-26(10-12-48)45-33-30-18-32(36(38,39)37(40,41)42)54-34(30)47-35(44-3)46-33/h7-8,17-18,24,26-27H,4-6,9-16,20-22H2,1-3H3,(H2,44,45,46,47)/t27-/m0/s1. The lowest BCUT2D eigenvalue weighted by molar-refractivity contribution is -0.143. The van der Waals surface area contributed by atoms with Gasteiger partial charge in [0.05, 0.1) is 26.8 Å². The maximum Gasteiger partial charge on any atom is 0.384 e. The van der Waals surface area contributed by atoms with Crippen molar-refractivity contribution in [3.63, 3.8) is 0 Å². The first-order valence-corrected chi connectivity index (χ1v) is 21.4. The van der Waals surface area contributed by atoms with Gasteiger partial charge in [-0.3, -0.25) is 9.80 Å². The number of alkyl halides is 3. The van der Waals surface area contributed by atoms with Crippen LogP contribution in [-0.4, -0.2) is 123 Å². The van der Waals surface area contributed by atoms with Crippen LogP contribution in [0.15, 0.2) is 24.3 Å². The van der Waals surface area contributed by atoms with Gasteiger partial charge in [0.15, 0.2) is 0 Å². The molecule has 0 unspecified atom stereocenters. The number of anilines is 2. The SMILES string of the molecule is [B]C([B])(c1cc2c(NC3CCN(Cc4ccc5c(cc(C#N)n5C[C@H](CC)N5CCN(S(=O)(=O)CC6CC6)CC5)c4C)CC3)nc(NC)nc2s1)C(F)(F)F. The molecule has 2 saturated heterocycles. The Hall–Kier alpha value is -3.36. The average Bonchev–Trinajstić information content (AvgIpc) is 3.71. The summed E-state index contributed by atoms with van der Waals surface area (Å²) in [5, 5.41) is 15.0. The summed E-state index contributed by atoms with van der Waals surface area (Å²) in [6.07, 6.45) is -0.326. The maximum atomic E-state index is 13.6. The second-order valence-corrected chi connectivity index (χ2v) is 18.3. The number of benzene rings is 1. The van der Waals surface area contributed by atoms with Gasteiger partial charge >= 0.3 is 6.18 Å². The number of hydrogen-bond donors (Lipinski definition) is 2. The number of sulfonamides is 1. The zero-order valence-corrected chi connectivity index (χ0v) is 33.1. The second-order valence-electron chi connectivity index (χ2n) is 15.3. The Bertz CT molecular complexity index is 2180. The van der Waals surface area contributed by atoms with Crippen molar-refractivity contribution >= 4 is 69.9 Å². The minimum Gasteiger partial charge on any atom is -0.367 e. The zero-order chi connectivity index (χ0) is 39.3. The molecular weight excluding hydrogens is 745 g/mol. The molecule has 3 aliphatic rings. The van der Waals surface area contributed by atoms with Crippen molar-refractivity contribution in [3.05, 3.63) is 46.0 Å². The molecule has 7 rings (SSSR count). The van der Waals surface area contributed by atoms with Crippen molar-refractivity contribution in [2.45, 2.75) is 82.5 Å². The molecule has 0 bridgehead atoms. The quantitative estimate of drug-likeness (QED) is 0.178. The van der Waals surface area contributed by atoms with Gasteiger partial charge in [0.25, 0.3) is 0 Å². The summed E-state index contributed by atoms with van der Waals surface area (Å²) in [6, 6.07) is 10.2. The average molecular weight is 792 g/mol. The van der Waals surface area contributed by atoms with E-state index in [1.807, 2.05) is 6.07 Å². The fourth-order valence-electron chi connectivity index (χ4n) is 7.89. The van der Waals surface area contributed by atoms with Gasteiger partial charge in [-0.05, 0) is 74.3 Å². The third-order valence-corrected chi connectivity index (χ3v) is 14.8. The molecule has 1 aromatic carbocycles. The van der Waals surface area contributed by atoms with E-state index in [0.717, 1.165) is 79.5 Å². The van der Waals surface area contributed by atoms with Gasteiger partial charge in [-0.1, -0.05) is 13.0 Å². The van der Waals surface area contributed by atoms with E-state index in [1.165, 1.54) is 11.6 Å². The normalized spacial score (nSPS) is 19.2. The number of likely N-dealkylation sites (tertiary alicyclic amines) is 1.